The van der Waals surface area contributed by atoms with Gasteiger partial charge in [0.1, 0.15) is 5.82 Å². The second kappa shape index (κ2) is 10.2. The van der Waals surface area contributed by atoms with E-state index in [0.717, 1.165) is 6.54 Å². The number of carbonyl (C=O) groups is 1. The average Bonchev–Trinajstić information content (AvgIpc) is 2.60. The number of hydrogen-bond donors (Lipinski definition) is 1. The molecule has 0 aliphatic carbocycles. The van der Waals surface area contributed by atoms with E-state index in [1.165, 1.54) is 12.1 Å². The van der Waals surface area contributed by atoms with Crippen LogP contribution in [0, 0.1) is 17.7 Å². The molecule has 1 aromatic carbocycles. The number of carbonyl (C=O) groups excluding carboxylic acids is 1. The topological polar surface area (TPSA) is 53.0 Å². The number of ether oxygens (including phenoxy) is 1. The molecule has 1 aliphatic rings. The highest BCUT2D eigenvalue weighted by molar-refractivity contribution is 5.94. The summed E-state index contributed by atoms with van der Waals surface area (Å²) in [6, 6.07) is 5.82. The molecule has 6 heteroatoms. The minimum Gasteiger partial charge on any atom is -0.392 e. The molecule has 1 aliphatic heterocycles. The number of rotatable bonds is 8. The fourth-order valence-corrected chi connectivity index (χ4v) is 3.26. The van der Waals surface area contributed by atoms with Crippen LogP contribution < -0.4 is 0 Å². The molecule has 0 spiro atoms. The smallest absolute Gasteiger partial charge is 0.254 e. The van der Waals surface area contributed by atoms with Crippen molar-refractivity contribution in [1.29, 1.82) is 0 Å². The number of β-amino-alcohol motifs (C(OH)–C–C–N with tert-alkyl or cyclic N) is 1. The van der Waals surface area contributed by atoms with E-state index in [9.17, 15) is 14.3 Å². The Morgan fingerprint density at radius 2 is 2.11 bits per heavy atom. The largest absolute Gasteiger partial charge is 0.392 e. The maximum absolute atomic E-state index is 13.5. The number of benzene rings is 1. The molecule has 5 nitrogen and oxygen atoms in total. The van der Waals surface area contributed by atoms with E-state index in [1.807, 2.05) is 13.8 Å². The Bertz CT molecular complexity index is 609. The SMILES string of the molecule is CC(C)CN(CC1CN(CC(O)C(C)C)CCO1)C(=O)c1cccc(F)c1. The molecule has 1 saturated heterocycles. The van der Waals surface area contributed by atoms with E-state index >= 15 is 0 Å². The number of aliphatic hydroxyl groups is 1. The van der Waals surface area contributed by atoms with Crippen LogP contribution in [0.1, 0.15) is 38.1 Å². The van der Waals surface area contributed by atoms with Crippen LogP contribution in [-0.4, -0.2) is 72.4 Å². The molecule has 0 saturated carbocycles. The molecule has 2 unspecified atom stereocenters. The molecule has 2 atom stereocenters. The Morgan fingerprint density at radius 3 is 2.74 bits per heavy atom. The van der Waals surface area contributed by atoms with Gasteiger partial charge in [-0.2, -0.15) is 0 Å². The highest BCUT2D eigenvalue weighted by atomic mass is 19.1. The first-order valence-corrected chi connectivity index (χ1v) is 9.83. The third-order valence-electron chi connectivity index (χ3n) is 4.81. The minimum atomic E-state index is -0.409. The summed E-state index contributed by atoms with van der Waals surface area (Å²) in [7, 11) is 0. The van der Waals surface area contributed by atoms with Crippen LogP contribution in [0.3, 0.4) is 0 Å². The van der Waals surface area contributed by atoms with Crippen molar-refractivity contribution in [3.8, 4) is 0 Å². The van der Waals surface area contributed by atoms with Gasteiger partial charge < -0.3 is 14.7 Å². The summed E-state index contributed by atoms with van der Waals surface area (Å²) in [6.45, 7) is 11.8. The summed E-state index contributed by atoms with van der Waals surface area (Å²) >= 11 is 0. The van der Waals surface area contributed by atoms with Crippen LogP contribution >= 0.6 is 0 Å². The third-order valence-corrected chi connectivity index (χ3v) is 4.81. The second-order valence-corrected chi connectivity index (χ2v) is 8.18. The van der Waals surface area contributed by atoms with E-state index < -0.39 is 5.82 Å². The molecular formula is C21H33FN2O3. The molecule has 1 amide bonds. The predicted molar refractivity (Wildman–Crippen MR) is 104 cm³/mol. The van der Waals surface area contributed by atoms with E-state index in [2.05, 4.69) is 18.7 Å². The molecule has 2 rings (SSSR count). The zero-order valence-electron chi connectivity index (χ0n) is 16.9. The standard InChI is InChI=1S/C21H33FN2O3/c1-15(2)11-24(21(26)17-6-5-7-18(22)10-17)13-19-12-23(8-9-27-19)14-20(25)16(3)4/h5-7,10,15-16,19-20,25H,8-9,11-14H2,1-4H3. The highest BCUT2D eigenvalue weighted by Crippen LogP contribution is 2.14. The van der Waals surface area contributed by atoms with Crippen LogP contribution in [0.2, 0.25) is 0 Å². The van der Waals surface area contributed by atoms with Crippen LogP contribution in [0.25, 0.3) is 0 Å². The van der Waals surface area contributed by atoms with Crippen LogP contribution in [0.5, 0.6) is 0 Å². The molecule has 152 valence electrons. The first-order chi connectivity index (χ1) is 12.8. The van der Waals surface area contributed by atoms with Crippen molar-refractivity contribution >= 4 is 5.91 Å². The lowest BCUT2D eigenvalue weighted by Crippen LogP contribution is -2.51. The lowest BCUT2D eigenvalue weighted by atomic mass is 10.1. The number of aliphatic hydroxyl groups excluding tert-OH is 1. The normalized spacial score (nSPS) is 19.5. The van der Waals surface area contributed by atoms with Gasteiger partial charge in [0, 0.05) is 38.3 Å². The number of hydrogen-bond acceptors (Lipinski definition) is 4. The minimum absolute atomic E-state index is 0.116. The van der Waals surface area contributed by atoms with E-state index in [4.69, 9.17) is 4.74 Å². The Labute approximate surface area is 162 Å². The second-order valence-electron chi connectivity index (χ2n) is 8.18. The molecule has 1 N–H and O–H groups in total. The summed E-state index contributed by atoms with van der Waals surface area (Å²) in [6.07, 6.45) is -0.487. The third kappa shape index (κ3) is 6.87. The van der Waals surface area contributed by atoms with Gasteiger partial charge in [-0.25, -0.2) is 4.39 Å². The maximum atomic E-state index is 13.5. The van der Waals surface area contributed by atoms with Crippen molar-refractivity contribution in [2.24, 2.45) is 11.8 Å². The molecular weight excluding hydrogens is 347 g/mol. The van der Waals surface area contributed by atoms with Crippen LogP contribution in [-0.2, 0) is 4.74 Å². The number of morpholine rings is 1. The van der Waals surface area contributed by atoms with Gasteiger partial charge in [0.25, 0.3) is 5.91 Å². The molecule has 1 fully saturated rings. The molecule has 0 aromatic heterocycles. The van der Waals surface area contributed by atoms with Gasteiger partial charge >= 0.3 is 0 Å². The van der Waals surface area contributed by atoms with E-state index in [-0.39, 0.29) is 24.0 Å². The quantitative estimate of drug-likeness (QED) is 0.753. The molecule has 1 heterocycles. The summed E-state index contributed by atoms with van der Waals surface area (Å²) in [5.74, 6) is -0.0810. The predicted octanol–water partition coefficient (Wildman–Crippen LogP) is 2.64. The first kappa shape index (κ1) is 21.8. The maximum Gasteiger partial charge on any atom is 0.254 e. The Hall–Kier alpha value is -1.50. The van der Waals surface area contributed by atoms with Gasteiger partial charge in [0.2, 0.25) is 0 Å². The Morgan fingerprint density at radius 1 is 1.37 bits per heavy atom. The van der Waals surface area contributed by atoms with Gasteiger partial charge in [0.05, 0.1) is 18.8 Å². The zero-order valence-corrected chi connectivity index (χ0v) is 16.9. The van der Waals surface area contributed by atoms with Gasteiger partial charge in [0.15, 0.2) is 0 Å². The molecule has 1 aromatic rings. The average molecular weight is 381 g/mol. The van der Waals surface area contributed by atoms with Crippen molar-refractivity contribution in [3.63, 3.8) is 0 Å². The molecule has 0 radical (unpaired) electrons. The van der Waals surface area contributed by atoms with E-state index in [1.54, 1.807) is 17.0 Å². The van der Waals surface area contributed by atoms with Crippen LogP contribution in [0.15, 0.2) is 24.3 Å². The summed E-state index contributed by atoms with van der Waals surface area (Å²) in [5, 5.41) is 10.1. The molecule has 0 bridgehead atoms. The fourth-order valence-electron chi connectivity index (χ4n) is 3.26. The lowest BCUT2D eigenvalue weighted by molar-refractivity contribution is -0.0547. The van der Waals surface area contributed by atoms with Gasteiger partial charge in [-0.05, 0) is 30.0 Å². The van der Waals surface area contributed by atoms with Crippen molar-refractivity contribution in [2.75, 3.05) is 39.3 Å². The number of nitrogens with zero attached hydrogens (tertiary/aromatic N) is 2. The van der Waals surface area contributed by atoms with E-state index in [0.29, 0.717) is 44.3 Å². The van der Waals surface area contributed by atoms with Crippen molar-refractivity contribution in [2.45, 2.75) is 39.9 Å². The van der Waals surface area contributed by atoms with Crippen molar-refractivity contribution < 1.29 is 19.0 Å². The highest BCUT2D eigenvalue weighted by Gasteiger charge is 2.27. The molecule has 27 heavy (non-hydrogen) atoms. The first-order valence-electron chi connectivity index (χ1n) is 9.83. The van der Waals surface area contributed by atoms with Crippen molar-refractivity contribution in [3.05, 3.63) is 35.6 Å². The lowest BCUT2D eigenvalue weighted by Gasteiger charge is -2.37. The Kier molecular flexibility index (Phi) is 8.20. The zero-order chi connectivity index (χ0) is 20.0. The van der Waals surface area contributed by atoms with Gasteiger partial charge in [-0.3, -0.25) is 9.69 Å². The summed E-state index contributed by atoms with van der Waals surface area (Å²) < 4.78 is 19.4. The Balaban J connectivity index is 2.03. The number of amides is 1. The monoisotopic (exact) mass is 380 g/mol. The van der Waals surface area contributed by atoms with Crippen molar-refractivity contribution in [1.82, 2.24) is 9.80 Å². The number of halogens is 1. The van der Waals surface area contributed by atoms with Gasteiger partial charge in [-0.1, -0.05) is 33.8 Å². The fraction of sp³-hybridized carbons (Fsp3) is 0.667. The van der Waals surface area contributed by atoms with Crippen LogP contribution in [0.4, 0.5) is 4.39 Å². The summed E-state index contributed by atoms with van der Waals surface area (Å²) in [4.78, 5) is 16.9. The van der Waals surface area contributed by atoms with Gasteiger partial charge in [-0.15, -0.1) is 0 Å². The summed E-state index contributed by atoms with van der Waals surface area (Å²) in [5.41, 5.74) is 0.360.